The first-order valence-electron chi connectivity index (χ1n) is 8.09. The molecule has 0 radical (unpaired) electrons. The van der Waals surface area contributed by atoms with Crippen molar-refractivity contribution in [3.8, 4) is 0 Å². The molecule has 1 heterocycles. The molecule has 2 nitrogen and oxygen atoms in total. The molecule has 1 fully saturated rings. The Hall–Kier alpha value is -1.67. The zero-order valence-corrected chi connectivity index (χ0v) is 12.8. The minimum Gasteiger partial charge on any atom is -0.310 e. The SMILES string of the molecule is CCNC(Cc1ccncc1)c1cccc(C2CCC2)c1. The number of hydrogen-bond donors (Lipinski definition) is 1. The average molecular weight is 280 g/mol. The van der Waals surface area contributed by atoms with Crippen LogP contribution in [0.5, 0.6) is 0 Å². The minimum absolute atomic E-state index is 0.387. The molecule has 2 aromatic rings. The molecule has 1 unspecified atom stereocenters. The van der Waals surface area contributed by atoms with E-state index in [1.54, 1.807) is 0 Å². The Morgan fingerprint density at radius 1 is 1.19 bits per heavy atom. The fourth-order valence-corrected chi connectivity index (χ4v) is 3.08. The fourth-order valence-electron chi connectivity index (χ4n) is 3.08. The van der Waals surface area contributed by atoms with Gasteiger partial charge in [0.15, 0.2) is 0 Å². The Labute approximate surface area is 127 Å². The fraction of sp³-hybridized carbons (Fsp3) is 0.421. The largest absolute Gasteiger partial charge is 0.310 e. The van der Waals surface area contributed by atoms with Crippen molar-refractivity contribution in [1.82, 2.24) is 10.3 Å². The van der Waals surface area contributed by atoms with Crippen LogP contribution in [0.3, 0.4) is 0 Å². The van der Waals surface area contributed by atoms with E-state index in [-0.39, 0.29) is 0 Å². The van der Waals surface area contributed by atoms with E-state index in [1.807, 2.05) is 12.4 Å². The number of rotatable bonds is 6. The van der Waals surface area contributed by atoms with Gasteiger partial charge in [-0.3, -0.25) is 4.98 Å². The Bertz CT molecular complexity index is 561. The van der Waals surface area contributed by atoms with Crippen LogP contribution in [-0.2, 0) is 6.42 Å². The number of benzene rings is 1. The van der Waals surface area contributed by atoms with Gasteiger partial charge in [0.1, 0.15) is 0 Å². The maximum atomic E-state index is 4.11. The van der Waals surface area contributed by atoms with E-state index in [4.69, 9.17) is 0 Å². The Morgan fingerprint density at radius 2 is 2.00 bits per heavy atom. The molecule has 0 saturated heterocycles. The van der Waals surface area contributed by atoms with Crippen molar-refractivity contribution in [1.29, 1.82) is 0 Å². The molecular formula is C19H24N2. The lowest BCUT2D eigenvalue weighted by Gasteiger charge is -2.27. The molecule has 1 aliphatic rings. The summed E-state index contributed by atoms with van der Waals surface area (Å²) in [7, 11) is 0. The Kier molecular flexibility index (Phi) is 4.66. The quantitative estimate of drug-likeness (QED) is 0.856. The average Bonchev–Trinajstić information content (AvgIpc) is 2.46. The summed E-state index contributed by atoms with van der Waals surface area (Å²) in [5.41, 5.74) is 4.28. The highest BCUT2D eigenvalue weighted by Crippen LogP contribution is 2.37. The molecule has 0 aliphatic heterocycles. The van der Waals surface area contributed by atoms with E-state index >= 15 is 0 Å². The monoisotopic (exact) mass is 280 g/mol. The molecule has 21 heavy (non-hydrogen) atoms. The van der Waals surface area contributed by atoms with Crippen LogP contribution in [0, 0.1) is 0 Å². The highest BCUT2D eigenvalue weighted by Gasteiger charge is 2.20. The third-order valence-electron chi connectivity index (χ3n) is 4.53. The molecule has 1 aromatic heterocycles. The Balaban J connectivity index is 1.79. The van der Waals surface area contributed by atoms with Crippen LogP contribution in [0.2, 0.25) is 0 Å². The first-order valence-corrected chi connectivity index (χ1v) is 8.09. The molecule has 2 heteroatoms. The van der Waals surface area contributed by atoms with Crippen LogP contribution in [0.15, 0.2) is 48.8 Å². The van der Waals surface area contributed by atoms with Crippen LogP contribution in [-0.4, -0.2) is 11.5 Å². The predicted octanol–water partition coefficient (Wildman–Crippen LogP) is 4.24. The van der Waals surface area contributed by atoms with Crippen LogP contribution < -0.4 is 5.32 Å². The third kappa shape index (κ3) is 3.51. The van der Waals surface area contributed by atoms with E-state index in [0.29, 0.717) is 6.04 Å². The van der Waals surface area contributed by atoms with Crippen molar-refractivity contribution in [3.05, 3.63) is 65.5 Å². The van der Waals surface area contributed by atoms with E-state index < -0.39 is 0 Å². The van der Waals surface area contributed by atoms with Crippen LogP contribution in [0.25, 0.3) is 0 Å². The molecule has 1 N–H and O–H groups in total. The predicted molar refractivity (Wildman–Crippen MR) is 87.4 cm³/mol. The van der Waals surface area contributed by atoms with E-state index in [0.717, 1.165) is 18.9 Å². The van der Waals surface area contributed by atoms with Gasteiger partial charge in [-0.05, 0) is 60.5 Å². The molecule has 0 amide bonds. The summed E-state index contributed by atoms with van der Waals surface area (Å²) in [6.07, 6.45) is 8.89. The van der Waals surface area contributed by atoms with Gasteiger partial charge < -0.3 is 5.32 Å². The Morgan fingerprint density at radius 3 is 2.67 bits per heavy atom. The van der Waals surface area contributed by atoms with Crippen molar-refractivity contribution in [3.63, 3.8) is 0 Å². The van der Waals surface area contributed by atoms with Gasteiger partial charge >= 0.3 is 0 Å². The third-order valence-corrected chi connectivity index (χ3v) is 4.53. The van der Waals surface area contributed by atoms with E-state index in [2.05, 4.69) is 53.6 Å². The molecule has 1 atom stereocenters. The van der Waals surface area contributed by atoms with E-state index in [9.17, 15) is 0 Å². The zero-order chi connectivity index (χ0) is 14.5. The summed E-state index contributed by atoms with van der Waals surface area (Å²) in [5, 5.41) is 3.63. The van der Waals surface area contributed by atoms with Gasteiger partial charge in [0.05, 0.1) is 0 Å². The van der Waals surface area contributed by atoms with Crippen molar-refractivity contribution < 1.29 is 0 Å². The topological polar surface area (TPSA) is 24.9 Å². The van der Waals surface area contributed by atoms with Crippen molar-refractivity contribution in [2.75, 3.05) is 6.54 Å². The summed E-state index contributed by atoms with van der Waals surface area (Å²) < 4.78 is 0. The lowest BCUT2D eigenvalue weighted by molar-refractivity contribution is 0.419. The number of nitrogens with one attached hydrogen (secondary N) is 1. The summed E-state index contributed by atoms with van der Waals surface area (Å²) in [6.45, 7) is 3.17. The van der Waals surface area contributed by atoms with Crippen LogP contribution in [0.4, 0.5) is 0 Å². The van der Waals surface area contributed by atoms with Gasteiger partial charge in [-0.2, -0.15) is 0 Å². The van der Waals surface area contributed by atoms with Gasteiger partial charge in [0.2, 0.25) is 0 Å². The molecule has 0 bridgehead atoms. The smallest absolute Gasteiger partial charge is 0.0360 e. The minimum atomic E-state index is 0.387. The molecule has 110 valence electrons. The normalized spacial score (nSPS) is 16.4. The van der Waals surface area contributed by atoms with Crippen LogP contribution in [0.1, 0.15) is 54.8 Å². The number of aromatic nitrogens is 1. The van der Waals surface area contributed by atoms with E-state index in [1.165, 1.54) is 36.0 Å². The standard InChI is InChI=1S/C19H24N2/c1-2-21-19(13-15-9-11-20-12-10-15)18-8-4-7-17(14-18)16-5-3-6-16/h4,7-12,14,16,19,21H,2-3,5-6,13H2,1H3. The van der Waals surface area contributed by atoms with Gasteiger partial charge in [0, 0.05) is 18.4 Å². The molecule has 1 aliphatic carbocycles. The lowest BCUT2D eigenvalue weighted by Crippen LogP contribution is -2.23. The second-order valence-electron chi connectivity index (χ2n) is 5.97. The first-order chi connectivity index (χ1) is 10.4. The van der Waals surface area contributed by atoms with Gasteiger partial charge in [-0.1, -0.05) is 37.6 Å². The lowest BCUT2D eigenvalue weighted by atomic mass is 9.79. The molecule has 0 spiro atoms. The highest BCUT2D eigenvalue weighted by molar-refractivity contribution is 5.31. The second-order valence-corrected chi connectivity index (χ2v) is 5.97. The number of nitrogens with zero attached hydrogens (tertiary/aromatic N) is 1. The molecule has 1 saturated carbocycles. The summed E-state index contributed by atoms with van der Waals surface area (Å²) in [5.74, 6) is 0.799. The van der Waals surface area contributed by atoms with Gasteiger partial charge in [0.25, 0.3) is 0 Å². The second kappa shape index (κ2) is 6.86. The summed E-state index contributed by atoms with van der Waals surface area (Å²) in [6, 6.07) is 13.8. The highest BCUT2D eigenvalue weighted by atomic mass is 14.9. The van der Waals surface area contributed by atoms with Crippen molar-refractivity contribution in [2.45, 2.75) is 44.6 Å². The zero-order valence-electron chi connectivity index (χ0n) is 12.8. The summed E-state index contributed by atoms with van der Waals surface area (Å²) >= 11 is 0. The number of hydrogen-bond acceptors (Lipinski definition) is 2. The van der Waals surface area contributed by atoms with Crippen molar-refractivity contribution in [2.24, 2.45) is 0 Å². The molecular weight excluding hydrogens is 256 g/mol. The number of likely N-dealkylation sites (N-methyl/N-ethyl adjacent to an activating group) is 1. The van der Waals surface area contributed by atoms with Crippen molar-refractivity contribution >= 4 is 0 Å². The summed E-state index contributed by atoms with van der Waals surface area (Å²) in [4.78, 5) is 4.11. The molecule has 3 rings (SSSR count). The first kappa shape index (κ1) is 14.3. The number of pyridine rings is 1. The van der Waals surface area contributed by atoms with Gasteiger partial charge in [-0.25, -0.2) is 0 Å². The molecule has 1 aromatic carbocycles. The maximum absolute atomic E-state index is 4.11. The van der Waals surface area contributed by atoms with Gasteiger partial charge in [-0.15, -0.1) is 0 Å². The van der Waals surface area contributed by atoms with Crippen LogP contribution >= 0.6 is 0 Å². The maximum Gasteiger partial charge on any atom is 0.0360 e.